The molecule has 1 aliphatic rings. The number of amides is 2. The zero-order chi connectivity index (χ0) is 15.5. The fraction of sp³-hybridized carbons (Fsp3) is 0.571. The summed E-state index contributed by atoms with van der Waals surface area (Å²) in [4.78, 5) is 22.6. The Bertz CT molecular complexity index is 531. The number of carboxylic acids is 1. The summed E-state index contributed by atoms with van der Waals surface area (Å²) in [5, 5.41) is 14.3. The first-order chi connectivity index (χ1) is 9.89. The van der Waals surface area contributed by atoms with Crippen molar-refractivity contribution in [2.75, 3.05) is 13.2 Å². The van der Waals surface area contributed by atoms with Gasteiger partial charge in [0.15, 0.2) is 0 Å². The molecule has 1 aromatic rings. The molecule has 0 spiro atoms. The Labute approximate surface area is 122 Å². The number of furan rings is 1. The van der Waals surface area contributed by atoms with E-state index < -0.39 is 5.97 Å². The Morgan fingerprint density at radius 2 is 2.19 bits per heavy atom. The zero-order valence-electron chi connectivity index (χ0n) is 12.2. The molecule has 0 aliphatic carbocycles. The van der Waals surface area contributed by atoms with E-state index in [2.05, 4.69) is 10.6 Å². The molecule has 2 rings (SSSR count). The van der Waals surface area contributed by atoms with Crippen molar-refractivity contribution in [1.29, 1.82) is 0 Å². The van der Waals surface area contributed by atoms with Crippen LogP contribution in [0, 0.1) is 6.92 Å². The molecule has 1 fully saturated rings. The quantitative estimate of drug-likeness (QED) is 0.767. The van der Waals surface area contributed by atoms with Gasteiger partial charge < -0.3 is 24.9 Å². The maximum atomic E-state index is 11.7. The molecule has 1 saturated heterocycles. The molecule has 2 heterocycles. The van der Waals surface area contributed by atoms with Crippen molar-refractivity contribution >= 4 is 12.0 Å². The van der Waals surface area contributed by atoms with Crippen molar-refractivity contribution in [2.45, 2.75) is 38.8 Å². The lowest BCUT2D eigenvalue weighted by Crippen LogP contribution is -2.44. The summed E-state index contributed by atoms with van der Waals surface area (Å²) in [7, 11) is 0. The highest BCUT2D eigenvalue weighted by Crippen LogP contribution is 2.23. The fourth-order valence-corrected chi connectivity index (χ4v) is 2.32. The van der Waals surface area contributed by atoms with Gasteiger partial charge in [-0.3, -0.25) is 0 Å². The van der Waals surface area contributed by atoms with Gasteiger partial charge in [-0.1, -0.05) is 0 Å². The number of hydrogen-bond donors (Lipinski definition) is 3. The largest absolute Gasteiger partial charge is 0.478 e. The van der Waals surface area contributed by atoms with Crippen molar-refractivity contribution < 1.29 is 23.8 Å². The molecule has 7 heteroatoms. The summed E-state index contributed by atoms with van der Waals surface area (Å²) in [5.41, 5.74) is -0.186. The van der Waals surface area contributed by atoms with Crippen molar-refractivity contribution in [1.82, 2.24) is 10.6 Å². The average molecular weight is 296 g/mol. The molecule has 1 unspecified atom stereocenters. The van der Waals surface area contributed by atoms with Gasteiger partial charge in [0.1, 0.15) is 17.1 Å². The number of carboxylic acid groups (broad SMARTS) is 1. The van der Waals surface area contributed by atoms with Crippen LogP contribution in [0.3, 0.4) is 0 Å². The van der Waals surface area contributed by atoms with Crippen molar-refractivity contribution in [3.05, 3.63) is 23.2 Å². The first-order valence-corrected chi connectivity index (χ1v) is 6.88. The lowest BCUT2D eigenvalue weighted by atomic mass is 10.0. The number of ether oxygens (including phenoxy) is 1. The highest BCUT2D eigenvalue weighted by molar-refractivity contribution is 5.88. The van der Waals surface area contributed by atoms with E-state index in [0.29, 0.717) is 18.1 Å². The number of rotatable bonds is 5. The fourth-order valence-electron chi connectivity index (χ4n) is 2.32. The first kappa shape index (κ1) is 15.4. The van der Waals surface area contributed by atoms with E-state index in [-0.39, 0.29) is 23.7 Å². The number of hydrogen-bond acceptors (Lipinski definition) is 4. The lowest BCUT2D eigenvalue weighted by Gasteiger charge is -2.23. The van der Waals surface area contributed by atoms with Crippen LogP contribution in [0.4, 0.5) is 4.79 Å². The molecule has 0 bridgehead atoms. The molecule has 0 saturated carbocycles. The van der Waals surface area contributed by atoms with E-state index in [1.54, 1.807) is 6.92 Å². The third-order valence-corrected chi connectivity index (χ3v) is 3.55. The molecule has 1 aliphatic heterocycles. The summed E-state index contributed by atoms with van der Waals surface area (Å²) in [6, 6.07) is 1.08. The number of nitrogens with one attached hydrogen (secondary N) is 2. The van der Waals surface area contributed by atoms with E-state index in [1.807, 2.05) is 6.92 Å². The molecule has 0 aromatic carbocycles. The smallest absolute Gasteiger partial charge is 0.339 e. The Hall–Kier alpha value is -2.02. The highest BCUT2D eigenvalue weighted by Gasteiger charge is 2.29. The van der Waals surface area contributed by atoms with Gasteiger partial charge in [-0.15, -0.1) is 0 Å². The third kappa shape index (κ3) is 3.98. The van der Waals surface area contributed by atoms with Gasteiger partial charge in [-0.2, -0.15) is 0 Å². The molecule has 116 valence electrons. The summed E-state index contributed by atoms with van der Waals surface area (Å²) in [6.45, 7) is 4.85. The number of aryl methyl sites for hydroxylation is 1. The second kappa shape index (κ2) is 6.17. The topological polar surface area (TPSA) is 101 Å². The average Bonchev–Trinajstić information content (AvgIpc) is 3.01. The van der Waals surface area contributed by atoms with Crippen molar-refractivity contribution in [2.24, 2.45) is 0 Å². The summed E-state index contributed by atoms with van der Waals surface area (Å²) in [6.07, 6.45) is 1.93. The Balaban J connectivity index is 1.78. The van der Waals surface area contributed by atoms with Crippen LogP contribution in [-0.2, 0) is 11.3 Å². The molecule has 7 nitrogen and oxygen atoms in total. The van der Waals surface area contributed by atoms with Crippen molar-refractivity contribution in [3.63, 3.8) is 0 Å². The second-order valence-electron chi connectivity index (χ2n) is 5.43. The Morgan fingerprint density at radius 3 is 2.76 bits per heavy atom. The Morgan fingerprint density at radius 1 is 1.43 bits per heavy atom. The molecule has 1 atom stereocenters. The molecule has 1 aromatic heterocycles. The number of carbonyl (C=O) groups is 2. The van der Waals surface area contributed by atoms with Crippen molar-refractivity contribution in [3.8, 4) is 0 Å². The van der Waals surface area contributed by atoms with Gasteiger partial charge in [-0.05, 0) is 32.8 Å². The maximum absolute atomic E-state index is 11.7. The van der Waals surface area contributed by atoms with Gasteiger partial charge in [0.25, 0.3) is 0 Å². The van der Waals surface area contributed by atoms with Gasteiger partial charge in [-0.25, -0.2) is 9.59 Å². The monoisotopic (exact) mass is 296 g/mol. The molecule has 0 radical (unpaired) electrons. The van der Waals surface area contributed by atoms with Crippen LogP contribution >= 0.6 is 0 Å². The minimum atomic E-state index is -1.04. The minimum Gasteiger partial charge on any atom is -0.478 e. The molecular weight excluding hydrogens is 276 g/mol. The summed E-state index contributed by atoms with van der Waals surface area (Å²) >= 11 is 0. The number of carbonyl (C=O) groups excluding carboxylic acids is 1. The van der Waals surface area contributed by atoms with Gasteiger partial charge in [0, 0.05) is 13.2 Å². The summed E-state index contributed by atoms with van der Waals surface area (Å²) < 4.78 is 10.8. The highest BCUT2D eigenvalue weighted by atomic mass is 16.5. The molecule has 3 N–H and O–H groups in total. The maximum Gasteiger partial charge on any atom is 0.339 e. The van der Waals surface area contributed by atoms with E-state index in [9.17, 15) is 9.59 Å². The van der Waals surface area contributed by atoms with Gasteiger partial charge >= 0.3 is 12.0 Å². The van der Waals surface area contributed by atoms with Crippen LogP contribution in [0.25, 0.3) is 0 Å². The van der Waals surface area contributed by atoms with E-state index in [4.69, 9.17) is 14.3 Å². The van der Waals surface area contributed by atoms with E-state index in [1.165, 1.54) is 6.07 Å². The van der Waals surface area contributed by atoms with E-state index in [0.717, 1.165) is 19.4 Å². The van der Waals surface area contributed by atoms with Crippen LogP contribution in [0.1, 0.15) is 41.6 Å². The van der Waals surface area contributed by atoms with Crippen LogP contribution in [-0.4, -0.2) is 35.9 Å². The van der Waals surface area contributed by atoms with Gasteiger partial charge in [0.05, 0.1) is 12.1 Å². The van der Waals surface area contributed by atoms with Crippen LogP contribution in [0.2, 0.25) is 0 Å². The molecular formula is C14H20N2O5. The van der Waals surface area contributed by atoms with E-state index >= 15 is 0 Å². The van der Waals surface area contributed by atoms with Gasteiger partial charge in [0.2, 0.25) is 0 Å². The predicted octanol–water partition coefficient (Wildman–Crippen LogP) is 1.65. The third-order valence-electron chi connectivity index (χ3n) is 3.55. The van der Waals surface area contributed by atoms with Crippen LogP contribution in [0.15, 0.2) is 10.5 Å². The first-order valence-electron chi connectivity index (χ1n) is 6.88. The molecule has 2 amide bonds. The second-order valence-corrected chi connectivity index (χ2v) is 5.43. The summed E-state index contributed by atoms with van der Waals surface area (Å²) in [5.74, 6) is -0.312. The number of aromatic carboxylic acids is 1. The van der Waals surface area contributed by atoms with Crippen LogP contribution in [0.5, 0.6) is 0 Å². The predicted molar refractivity (Wildman–Crippen MR) is 74.2 cm³/mol. The molecule has 21 heavy (non-hydrogen) atoms. The standard InChI is InChI=1S/C14H20N2O5/c1-9-11(12(17)18)6-10(21-9)7-15-13(19)16-8-14(2)4-3-5-20-14/h6H,3-5,7-8H2,1-2H3,(H,17,18)(H2,15,16,19). The minimum absolute atomic E-state index is 0.110. The zero-order valence-corrected chi connectivity index (χ0v) is 12.2. The lowest BCUT2D eigenvalue weighted by molar-refractivity contribution is 0.0229. The Kier molecular flexibility index (Phi) is 4.52. The SMILES string of the molecule is Cc1oc(CNC(=O)NCC2(C)CCCO2)cc1C(=O)O. The number of urea groups is 1. The van der Waals surface area contributed by atoms with Crippen LogP contribution < -0.4 is 10.6 Å². The normalized spacial score (nSPS) is 21.2.